The number of carbonyl (C=O) groups is 1. The first kappa shape index (κ1) is 16.0. The zero-order valence-electron chi connectivity index (χ0n) is 12.6. The molecule has 1 amide bonds. The lowest BCUT2D eigenvalue weighted by Crippen LogP contribution is -2.22. The second-order valence-corrected chi connectivity index (χ2v) is 5.22. The molecule has 0 saturated carbocycles. The molecule has 116 valence electrons. The Kier molecular flexibility index (Phi) is 5.55. The second kappa shape index (κ2) is 7.61. The van der Waals surface area contributed by atoms with Gasteiger partial charge in [0.2, 0.25) is 0 Å². The highest BCUT2D eigenvalue weighted by molar-refractivity contribution is 7.13. The number of benzene rings is 1. The fourth-order valence-electron chi connectivity index (χ4n) is 1.83. The molecule has 0 saturated heterocycles. The average Bonchev–Trinajstić information content (AvgIpc) is 3.03. The van der Waals surface area contributed by atoms with Gasteiger partial charge in [-0.2, -0.15) is 0 Å². The monoisotopic (exact) mass is 318 g/mol. The van der Waals surface area contributed by atoms with E-state index < -0.39 is 0 Å². The molecule has 1 aromatic carbocycles. The number of amides is 1. The SMILES string of the molecule is C=CCOc1ccc(-c2nc(C(=O)NCC)cs2)cc1OC. The van der Waals surface area contributed by atoms with Crippen LogP contribution in [0.15, 0.2) is 36.2 Å². The highest BCUT2D eigenvalue weighted by atomic mass is 32.1. The molecule has 22 heavy (non-hydrogen) atoms. The number of nitrogens with one attached hydrogen (secondary N) is 1. The van der Waals surface area contributed by atoms with Crippen molar-refractivity contribution in [3.8, 4) is 22.1 Å². The molecule has 1 aromatic heterocycles. The number of nitrogens with zero attached hydrogens (tertiary/aromatic N) is 1. The number of hydrogen-bond acceptors (Lipinski definition) is 5. The van der Waals surface area contributed by atoms with Gasteiger partial charge in [-0.15, -0.1) is 11.3 Å². The minimum atomic E-state index is -0.164. The highest BCUT2D eigenvalue weighted by Crippen LogP contribution is 2.33. The number of thiazole rings is 1. The molecule has 1 N–H and O–H groups in total. The minimum Gasteiger partial charge on any atom is -0.493 e. The van der Waals surface area contributed by atoms with E-state index in [0.29, 0.717) is 30.3 Å². The highest BCUT2D eigenvalue weighted by Gasteiger charge is 2.13. The van der Waals surface area contributed by atoms with Crippen LogP contribution >= 0.6 is 11.3 Å². The van der Waals surface area contributed by atoms with Gasteiger partial charge in [-0.1, -0.05) is 12.7 Å². The Morgan fingerprint density at radius 1 is 1.45 bits per heavy atom. The third kappa shape index (κ3) is 3.65. The summed E-state index contributed by atoms with van der Waals surface area (Å²) in [6.07, 6.45) is 1.67. The van der Waals surface area contributed by atoms with Crippen LogP contribution in [-0.2, 0) is 0 Å². The number of ether oxygens (including phenoxy) is 2. The molecule has 2 rings (SSSR count). The summed E-state index contributed by atoms with van der Waals surface area (Å²) in [6.45, 7) is 6.48. The Morgan fingerprint density at radius 3 is 2.95 bits per heavy atom. The Hall–Kier alpha value is -2.34. The zero-order valence-corrected chi connectivity index (χ0v) is 13.4. The maximum absolute atomic E-state index is 11.8. The lowest BCUT2D eigenvalue weighted by Gasteiger charge is -2.10. The van der Waals surface area contributed by atoms with E-state index in [1.165, 1.54) is 11.3 Å². The minimum absolute atomic E-state index is 0.164. The molecule has 5 nitrogen and oxygen atoms in total. The third-order valence-electron chi connectivity index (χ3n) is 2.84. The Morgan fingerprint density at radius 2 is 2.27 bits per heavy atom. The van der Waals surface area contributed by atoms with Gasteiger partial charge in [-0.05, 0) is 25.1 Å². The van der Waals surface area contributed by atoms with E-state index in [2.05, 4.69) is 16.9 Å². The predicted octanol–water partition coefficient (Wildman–Crippen LogP) is 3.13. The van der Waals surface area contributed by atoms with E-state index in [1.54, 1.807) is 18.6 Å². The van der Waals surface area contributed by atoms with Crippen molar-refractivity contribution < 1.29 is 14.3 Å². The van der Waals surface area contributed by atoms with Gasteiger partial charge in [0.1, 0.15) is 17.3 Å². The fraction of sp³-hybridized carbons (Fsp3) is 0.250. The van der Waals surface area contributed by atoms with E-state index >= 15 is 0 Å². The molecule has 0 bridgehead atoms. The van der Waals surface area contributed by atoms with Gasteiger partial charge in [-0.25, -0.2) is 4.98 Å². The molecule has 2 aromatic rings. The fourth-order valence-corrected chi connectivity index (χ4v) is 2.63. The Bertz CT molecular complexity index is 667. The zero-order chi connectivity index (χ0) is 15.9. The summed E-state index contributed by atoms with van der Waals surface area (Å²) in [5.74, 6) is 1.10. The van der Waals surface area contributed by atoms with Crippen LogP contribution in [0.5, 0.6) is 11.5 Å². The van der Waals surface area contributed by atoms with Gasteiger partial charge in [0.05, 0.1) is 7.11 Å². The molecule has 0 spiro atoms. The molecule has 1 heterocycles. The van der Waals surface area contributed by atoms with Crippen molar-refractivity contribution in [1.29, 1.82) is 0 Å². The van der Waals surface area contributed by atoms with Gasteiger partial charge in [0, 0.05) is 17.5 Å². The molecule has 0 fully saturated rings. The molecular weight excluding hydrogens is 300 g/mol. The van der Waals surface area contributed by atoms with Crippen LogP contribution in [0.2, 0.25) is 0 Å². The molecule has 0 aliphatic carbocycles. The first-order valence-electron chi connectivity index (χ1n) is 6.85. The van der Waals surface area contributed by atoms with Crippen LogP contribution in [-0.4, -0.2) is 31.2 Å². The summed E-state index contributed by atoms with van der Waals surface area (Å²) < 4.78 is 10.9. The topological polar surface area (TPSA) is 60.5 Å². The lowest BCUT2D eigenvalue weighted by molar-refractivity contribution is 0.0951. The molecule has 0 aliphatic heterocycles. The van der Waals surface area contributed by atoms with Gasteiger partial charge >= 0.3 is 0 Å². The van der Waals surface area contributed by atoms with Crippen molar-refractivity contribution in [2.24, 2.45) is 0 Å². The molecular formula is C16H18N2O3S. The second-order valence-electron chi connectivity index (χ2n) is 4.36. The van der Waals surface area contributed by atoms with Gasteiger partial charge in [0.15, 0.2) is 11.5 Å². The van der Waals surface area contributed by atoms with Crippen molar-refractivity contribution in [2.45, 2.75) is 6.92 Å². The first-order valence-corrected chi connectivity index (χ1v) is 7.73. The maximum atomic E-state index is 11.8. The number of aromatic nitrogens is 1. The summed E-state index contributed by atoms with van der Waals surface area (Å²) >= 11 is 1.42. The summed E-state index contributed by atoms with van der Waals surface area (Å²) in [7, 11) is 1.59. The van der Waals surface area contributed by atoms with Gasteiger partial charge in [0.25, 0.3) is 5.91 Å². The summed E-state index contributed by atoms with van der Waals surface area (Å²) in [4.78, 5) is 16.1. The molecule has 6 heteroatoms. The van der Waals surface area contributed by atoms with E-state index in [9.17, 15) is 4.79 Å². The smallest absolute Gasteiger partial charge is 0.270 e. The number of hydrogen-bond donors (Lipinski definition) is 1. The van der Waals surface area contributed by atoms with Crippen LogP contribution in [0.3, 0.4) is 0 Å². The van der Waals surface area contributed by atoms with Crippen LogP contribution in [0.4, 0.5) is 0 Å². The van der Waals surface area contributed by atoms with Gasteiger partial charge in [-0.3, -0.25) is 4.79 Å². The average molecular weight is 318 g/mol. The van der Waals surface area contributed by atoms with Crippen molar-refractivity contribution >= 4 is 17.2 Å². The van der Waals surface area contributed by atoms with Crippen molar-refractivity contribution in [3.05, 3.63) is 41.9 Å². The lowest BCUT2D eigenvalue weighted by atomic mass is 10.2. The van der Waals surface area contributed by atoms with Crippen molar-refractivity contribution in [1.82, 2.24) is 10.3 Å². The number of rotatable bonds is 7. The Balaban J connectivity index is 2.25. The maximum Gasteiger partial charge on any atom is 0.270 e. The van der Waals surface area contributed by atoms with Gasteiger partial charge < -0.3 is 14.8 Å². The summed E-state index contributed by atoms with van der Waals surface area (Å²) in [5.41, 5.74) is 1.30. The third-order valence-corrected chi connectivity index (χ3v) is 3.73. The largest absolute Gasteiger partial charge is 0.493 e. The normalized spacial score (nSPS) is 10.1. The Labute approximate surface area is 133 Å². The quantitative estimate of drug-likeness (QED) is 0.797. The standard InChI is InChI=1S/C16H18N2O3S/c1-4-8-21-13-7-6-11(9-14(13)20-3)16-18-12(10-22-16)15(19)17-5-2/h4,6-7,9-10H,1,5,8H2,2-3H3,(H,17,19). The molecule has 0 radical (unpaired) electrons. The number of carbonyl (C=O) groups excluding carboxylic acids is 1. The molecule has 0 atom stereocenters. The summed E-state index contributed by atoms with van der Waals surface area (Å²) in [5, 5.41) is 5.24. The molecule has 0 unspecified atom stereocenters. The van der Waals surface area contributed by atoms with Crippen LogP contribution in [0.25, 0.3) is 10.6 Å². The van der Waals surface area contributed by atoms with E-state index in [0.717, 1.165) is 10.6 Å². The molecule has 0 aliphatic rings. The van der Waals surface area contributed by atoms with E-state index in [-0.39, 0.29) is 5.91 Å². The summed E-state index contributed by atoms with van der Waals surface area (Å²) in [6, 6.07) is 5.56. The van der Waals surface area contributed by atoms with Crippen LogP contribution < -0.4 is 14.8 Å². The predicted molar refractivity (Wildman–Crippen MR) is 87.8 cm³/mol. The van der Waals surface area contributed by atoms with Crippen LogP contribution in [0, 0.1) is 0 Å². The van der Waals surface area contributed by atoms with Crippen molar-refractivity contribution in [2.75, 3.05) is 20.3 Å². The van der Waals surface area contributed by atoms with Crippen molar-refractivity contribution in [3.63, 3.8) is 0 Å². The van der Waals surface area contributed by atoms with Crippen LogP contribution in [0.1, 0.15) is 17.4 Å². The number of methoxy groups -OCH3 is 1. The first-order chi connectivity index (χ1) is 10.7. The van der Waals surface area contributed by atoms with E-state index in [4.69, 9.17) is 9.47 Å². The van der Waals surface area contributed by atoms with E-state index in [1.807, 2.05) is 25.1 Å².